The summed E-state index contributed by atoms with van der Waals surface area (Å²) < 4.78 is 0. The average molecular weight is 333 g/mol. The van der Waals surface area contributed by atoms with Gasteiger partial charge in [-0.3, -0.25) is 4.98 Å². The van der Waals surface area contributed by atoms with Crippen LogP contribution in [0.15, 0.2) is 48.8 Å². The zero-order chi connectivity index (χ0) is 17.4. The van der Waals surface area contributed by atoms with Crippen molar-refractivity contribution in [3.63, 3.8) is 0 Å². The molecule has 25 heavy (non-hydrogen) atoms. The number of aromatic nitrogens is 2. The summed E-state index contributed by atoms with van der Waals surface area (Å²) in [5.41, 5.74) is 6.16. The molecule has 0 saturated heterocycles. The summed E-state index contributed by atoms with van der Waals surface area (Å²) in [7, 11) is 2.11. The number of H-pyrrole nitrogens is 1. The first-order valence-electron chi connectivity index (χ1n) is 8.29. The molecule has 3 heterocycles. The molecule has 1 aliphatic rings. The fourth-order valence-corrected chi connectivity index (χ4v) is 3.39. The van der Waals surface area contributed by atoms with Crippen molar-refractivity contribution in [1.29, 1.82) is 0 Å². The molecule has 3 aromatic rings. The summed E-state index contributed by atoms with van der Waals surface area (Å²) in [6.45, 7) is 1.95. The molecule has 2 N–H and O–H groups in total. The number of carboxylic acids is 1. The molecular weight excluding hydrogens is 314 g/mol. The zero-order valence-corrected chi connectivity index (χ0v) is 14.0. The SMILES string of the molecule is CN1CCc2ccc(-c3[nH]c(-c4ccncc4)cc3C(=O)O)cc2C1. The highest BCUT2D eigenvalue weighted by Gasteiger charge is 2.19. The molecule has 1 aromatic carbocycles. The van der Waals surface area contributed by atoms with E-state index >= 15 is 0 Å². The van der Waals surface area contributed by atoms with Crippen LogP contribution in [-0.2, 0) is 13.0 Å². The van der Waals surface area contributed by atoms with Crippen LogP contribution in [-0.4, -0.2) is 39.5 Å². The fourth-order valence-electron chi connectivity index (χ4n) is 3.39. The first-order chi connectivity index (χ1) is 12.1. The van der Waals surface area contributed by atoms with Gasteiger partial charge in [0.15, 0.2) is 0 Å². The molecule has 1 aliphatic heterocycles. The second-order valence-corrected chi connectivity index (χ2v) is 6.48. The fraction of sp³-hybridized carbons (Fsp3) is 0.200. The highest BCUT2D eigenvalue weighted by Crippen LogP contribution is 2.31. The van der Waals surface area contributed by atoms with E-state index in [0.29, 0.717) is 5.69 Å². The van der Waals surface area contributed by atoms with E-state index in [-0.39, 0.29) is 5.56 Å². The van der Waals surface area contributed by atoms with Gasteiger partial charge in [-0.1, -0.05) is 12.1 Å². The minimum Gasteiger partial charge on any atom is -0.478 e. The second-order valence-electron chi connectivity index (χ2n) is 6.48. The molecular formula is C20H19N3O2. The molecule has 5 nitrogen and oxygen atoms in total. The summed E-state index contributed by atoms with van der Waals surface area (Å²) in [4.78, 5) is 21.3. The average Bonchev–Trinajstić information content (AvgIpc) is 3.07. The van der Waals surface area contributed by atoms with Gasteiger partial charge in [-0.05, 0) is 54.4 Å². The third kappa shape index (κ3) is 2.94. The minimum absolute atomic E-state index is 0.288. The molecule has 5 heteroatoms. The number of carboxylic acid groups (broad SMARTS) is 1. The lowest BCUT2D eigenvalue weighted by Crippen LogP contribution is -2.26. The number of benzene rings is 1. The number of pyridine rings is 1. The first-order valence-corrected chi connectivity index (χ1v) is 8.29. The third-order valence-corrected chi connectivity index (χ3v) is 4.74. The third-order valence-electron chi connectivity index (χ3n) is 4.74. The van der Waals surface area contributed by atoms with Gasteiger partial charge in [-0.25, -0.2) is 4.79 Å². The van der Waals surface area contributed by atoms with Crippen LogP contribution in [0, 0.1) is 0 Å². The number of hydrogen-bond donors (Lipinski definition) is 2. The number of hydrogen-bond acceptors (Lipinski definition) is 3. The van der Waals surface area contributed by atoms with Gasteiger partial charge in [-0.2, -0.15) is 0 Å². The van der Waals surface area contributed by atoms with Crippen molar-refractivity contribution >= 4 is 5.97 Å². The van der Waals surface area contributed by atoms with E-state index in [2.05, 4.69) is 34.0 Å². The van der Waals surface area contributed by atoms with Crippen LogP contribution in [0.4, 0.5) is 0 Å². The van der Waals surface area contributed by atoms with Crippen LogP contribution in [0.25, 0.3) is 22.5 Å². The van der Waals surface area contributed by atoms with E-state index in [1.807, 2.05) is 18.2 Å². The van der Waals surface area contributed by atoms with E-state index in [1.54, 1.807) is 18.5 Å². The maximum Gasteiger partial charge on any atom is 0.337 e. The Labute approximate surface area is 146 Å². The molecule has 0 spiro atoms. The maximum absolute atomic E-state index is 11.7. The Morgan fingerprint density at radius 3 is 2.68 bits per heavy atom. The lowest BCUT2D eigenvalue weighted by Gasteiger charge is -2.25. The summed E-state index contributed by atoms with van der Waals surface area (Å²) >= 11 is 0. The summed E-state index contributed by atoms with van der Waals surface area (Å²) in [6, 6.07) is 11.7. The Hall–Kier alpha value is -2.92. The largest absolute Gasteiger partial charge is 0.478 e. The van der Waals surface area contributed by atoms with Crippen molar-refractivity contribution in [2.45, 2.75) is 13.0 Å². The number of fused-ring (bicyclic) bond motifs is 1. The first kappa shape index (κ1) is 15.6. The van der Waals surface area contributed by atoms with Crippen LogP contribution in [0.1, 0.15) is 21.5 Å². The van der Waals surface area contributed by atoms with Gasteiger partial charge >= 0.3 is 5.97 Å². The minimum atomic E-state index is -0.929. The predicted octanol–water partition coefficient (Wildman–Crippen LogP) is 3.43. The van der Waals surface area contributed by atoms with E-state index in [4.69, 9.17) is 0 Å². The molecule has 0 fully saturated rings. The second kappa shape index (κ2) is 6.18. The lowest BCUT2D eigenvalue weighted by atomic mass is 9.96. The Morgan fingerprint density at radius 2 is 1.92 bits per heavy atom. The molecule has 0 radical (unpaired) electrons. The molecule has 0 bridgehead atoms. The molecule has 126 valence electrons. The summed E-state index contributed by atoms with van der Waals surface area (Å²) in [6.07, 6.45) is 4.43. The van der Waals surface area contributed by atoms with Gasteiger partial charge in [0.25, 0.3) is 0 Å². The Morgan fingerprint density at radius 1 is 1.12 bits per heavy atom. The van der Waals surface area contributed by atoms with Gasteiger partial charge in [0, 0.05) is 36.7 Å². The standard InChI is InChI=1S/C20H19N3O2/c1-23-9-6-13-2-3-15(10-16(13)12-23)19-17(20(24)25)11-18(22-19)14-4-7-21-8-5-14/h2-5,7-8,10-11,22H,6,9,12H2,1H3,(H,24,25). The van der Waals surface area contributed by atoms with E-state index in [9.17, 15) is 9.90 Å². The van der Waals surface area contributed by atoms with E-state index < -0.39 is 5.97 Å². The molecule has 0 atom stereocenters. The van der Waals surface area contributed by atoms with Crippen molar-refractivity contribution in [1.82, 2.24) is 14.9 Å². The quantitative estimate of drug-likeness (QED) is 0.770. The smallest absolute Gasteiger partial charge is 0.337 e. The van der Waals surface area contributed by atoms with Crippen LogP contribution in [0.3, 0.4) is 0 Å². The highest BCUT2D eigenvalue weighted by molar-refractivity contribution is 5.97. The van der Waals surface area contributed by atoms with E-state index in [1.165, 1.54) is 11.1 Å². The number of aromatic amines is 1. The summed E-state index contributed by atoms with van der Waals surface area (Å²) in [5.74, 6) is -0.929. The van der Waals surface area contributed by atoms with Crippen LogP contribution in [0.2, 0.25) is 0 Å². The van der Waals surface area contributed by atoms with Crippen molar-refractivity contribution in [2.24, 2.45) is 0 Å². The van der Waals surface area contributed by atoms with Crippen molar-refractivity contribution < 1.29 is 9.90 Å². The molecule has 0 aliphatic carbocycles. The number of nitrogens with one attached hydrogen (secondary N) is 1. The topological polar surface area (TPSA) is 69.2 Å². The van der Waals surface area contributed by atoms with Gasteiger partial charge < -0.3 is 15.0 Å². The molecule has 4 rings (SSSR count). The lowest BCUT2D eigenvalue weighted by molar-refractivity contribution is 0.0698. The van der Waals surface area contributed by atoms with Crippen LogP contribution >= 0.6 is 0 Å². The highest BCUT2D eigenvalue weighted by atomic mass is 16.4. The van der Waals surface area contributed by atoms with Gasteiger partial charge in [-0.15, -0.1) is 0 Å². The molecule has 0 unspecified atom stereocenters. The summed E-state index contributed by atoms with van der Waals surface area (Å²) in [5, 5.41) is 9.63. The van der Waals surface area contributed by atoms with Crippen LogP contribution in [0.5, 0.6) is 0 Å². The van der Waals surface area contributed by atoms with E-state index in [0.717, 1.165) is 36.3 Å². The number of nitrogens with zero attached hydrogens (tertiary/aromatic N) is 2. The van der Waals surface area contributed by atoms with Gasteiger partial charge in [0.1, 0.15) is 0 Å². The normalized spacial score (nSPS) is 14.3. The Kier molecular flexibility index (Phi) is 3.86. The van der Waals surface area contributed by atoms with Crippen LogP contribution < -0.4 is 0 Å². The predicted molar refractivity (Wildman–Crippen MR) is 96.5 cm³/mol. The van der Waals surface area contributed by atoms with Crippen molar-refractivity contribution in [2.75, 3.05) is 13.6 Å². The molecule has 0 saturated carbocycles. The number of carbonyl (C=O) groups is 1. The van der Waals surface area contributed by atoms with Gasteiger partial charge in [0.05, 0.1) is 11.3 Å². The Bertz CT molecular complexity index is 931. The zero-order valence-electron chi connectivity index (χ0n) is 14.0. The number of rotatable bonds is 3. The number of aromatic carboxylic acids is 1. The monoisotopic (exact) mass is 333 g/mol. The van der Waals surface area contributed by atoms with Gasteiger partial charge in [0.2, 0.25) is 0 Å². The molecule has 2 aromatic heterocycles. The Balaban J connectivity index is 1.81. The number of likely N-dealkylation sites (N-methyl/N-ethyl adjacent to an activating group) is 1. The maximum atomic E-state index is 11.7. The van der Waals surface area contributed by atoms with Crippen molar-refractivity contribution in [3.8, 4) is 22.5 Å². The van der Waals surface area contributed by atoms with Crippen molar-refractivity contribution in [3.05, 3.63) is 65.5 Å². The molecule has 0 amide bonds.